The summed E-state index contributed by atoms with van der Waals surface area (Å²) < 4.78 is 0. The van der Waals surface area contributed by atoms with E-state index in [4.69, 9.17) is 0 Å². The van der Waals surface area contributed by atoms with Crippen molar-refractivity contribution in [2.45, 2.75) is 71.6 Å². The minimum absolute atomic E-state index is 1.29. The minimum Gasteiger partial charge on any atom is -0.0885 e. The third kappa shape index (κ3) is 11.7. The molecule has 0 aromatic rings. The maximum Gasteiger partial charge on any atom is -0.0351 e. The lowest BCUT2D eigenvalue weighted by Crippen LogP contribution is -1.74. The monoisotopic (exact) mass is 182 g/mol. The fourth-order valence-corrected chi connectivity index (χ4v) is 1.44. The molecule has 0 aliphatic carbocycles. The van der Waals surface area contributed by atoms with Crippen LogP contribution in [0.1, 0.15) is 71.6 Å². The Bertz CT molecular complexity index is 103. The Kier molecular flexibility index (Phi) is 11.5. The molecular formula is C13H26. The topological polar surface area (TPSA) is 0 Å². The third-order valence-corrected chi connectivity index (χ3v) is 2.37. The predicted octanol–water partition coefficient (Wildman–Crippen LogP) is 5.09. The summed E-state index contributed by atoms with van der Waals surface area (Å²) in [4.78, 5) is 0. The van der Waals surface area contributed by atoms with Gasteiger partial charge in [-0.2, -0.15) is 0 Å². The van der Waals surface area contributed by atoms with Crippen molar-refractivity contribution in [3.05, 3.63) is 12.2 Å². The van der Waals surface area contributed by atoms with Crippen LogP contribution < -0.4 is 0 Å². The molecule has 0 spiro atoms. The molecule has 0 unspecified atom stereocenters. The normalized spacial score (nSPS) is 11.2. The SMILES string of the molecule is CCCCCC=CCCCCCC. The van der Waals surface area contributed by atoms with Crippen molar-refractivity contribution in [2.75, 3.05) is 0 Å². The van der Waals surface area contributed by atoms with E-state index >= 15 is 0 Å². The van der Waals surface area contributed by atoms with Crippen molar-refractivity contribution in [3.8, 4) is 0 Å². The summed E-state index contributed by atoms with van der Waals surface area (Å²) in [5.74, 6) is 0. The van der Waals surface area contributed by atoms with Crippen molar-refractivity contribution >= 4 is 0 Å². The molecule has 0 saturated heterocycles. The average molecular weight is 182 g/mol. The van der Waals surface area contributed by atoms with E-state index in [2.05, 4.69) is 26.0 Å². The maximum absolute atomic E-state index is 2.37. The van der Waals surface area contributed by atoms with Gasteiger partial charge in [0.15, 0.2) is 0 Å². The number of hydrogen-bond donors (Lipinski definition) is 0. The van der Waals surface area contributed by atoms with E-state index in [-0.39, 0.29) is 0 Å². The van der Waals surface area contributed by atoms with Gasteiger partial charge in [0.25, 0.3) is 0 Å². The highest BCUT2D eigenvalue weighted by atomic mass is 13.9. The molecule has 0 aliphatic heterocycles. The van der Waals surface area contributed by atoms with Gasteiger partial charge in [-0.15, -0.1) is 0 Å². The fraction of sp³-hybridized carbons (Fsp3) is 0.846. The smallest absolute Gasteiger partial charge is 0.0351 e. The first-order valence-corrected chi connectivity index (χ1v) is 6.06. The third-order valence-electron chi connectivity index (χ3n) is 2.37. The molecule has 0 rings (SSSR count). The quantitative estimate of drug-likeness (QED) is 0.344. The number of rotatable bonds is 9. The van der Waals surface area contributed by atoms with Crippen LogP contribution in [0.25, 0.3) is 0 Å². The summed E-state index contributed by atoms with van der Waals surface area (Å²) in [6.07, 6.45) is 17.0. The van der Waals surface area contributed by atoms with Crippen molar-refractivity contribution in [1.82, 2.24) is 0 Å². The molecule has 0 amide bonds. The van der Waals surface area contributed by atoms with Gasteiger partial charge in [-0.3, -0.25) is 0 Å². The van der Waals surface area contributed by atoms with Crippen LogP contribution in [0.4, 0.5) is 0 Å². The Morgan fingerprint density at radius 1 is 0.615 bits per heavy atom. The lowest BCUT2D eigenvalue weighted by Gasteiger charge is -1.94. The van der Waals surface area contributed by atoms with Crippen LogP contribution in [0.3, 0.4) is 0 Å². The van der Waals surface area contributed by atoms with Gasteiger partial charge in [-0.05, 0) is 25.7 Å². The number of unbranched alkanes of at least 4 members (excludes halogenated alkanes) is 7. The molecule has 0 heterocycles. The van der Waals surface area contributed by atoms with Crippen LogP contribution in [-0.2, 0) is 0 Å². The van der Waals surface area contributed by atoms with Crippen LogP contribution in [0.15, 0.2) is 12.2 Å². The second-order valence-corrected chi connectivity index (χ2v) is 3.82. The van der Waals surface area contributed by atoms with E-state index in [0.29, 0.717) is 0 Å². The van der Waals surface area contributed by atoms with Crippen molar-refractivity contribution in [1.29, 1.82) is 0 Å². The molecule has 0 aromatic carbocycles. The molecule has 0 heteroatoms. The zero-order valence-electron chi connectivity index (χ0n) is 9.52. The van der Waals surface area contributed by atoms with Crippen LogP contribution in [0.5, 0.6) is 0 Å². The Hall–Kier alpha value is -0.260. The standard InChI is InChI=1S/C13H26/c1-3-5-7-9-11-13-12-10-8-6-4-2/h11,13H,3-10,12H2,1-2H3. The number of allylic oxidation sites excluding steroid dienone is 2. The molecule has 0 atom stereocenters. The van der Waals surface area contributed by atoms with Gasteiger partial charge >= 0.3 is 0 Å². The summed E-state index contributed by atoms with van der Waals surface area (Å²) in [5.41, 5.74) is 0. The Morgan fingerprint density at radius 3 is 1.62 bits per heavy atom. The highest BCUT2D eigenvalue weighted by Crippen LogP contribution is 2.04. The number of hydrogen-bond acceptors (Lipinski definition) is 0. The van der Waals surface area contributed by atoms with Crippen LogP contribution in [-0.4, -0.2) is 0 Å². The van der Waals surface area contributed by atoms with Crippen LogP contribution in [0, 0.1) is 0 Å². The van der Waals surface area contributed by atoms with Crippen molar-refractivity contribution in [2.24, 2.45) is 0 Å². The van der Waals surface area contributed by atoms with Gasteiger partial charge < -0.3 is 0 Å². The van der Waals surface area contributed by atoms with Gasteiger partial charge in [0.05, 0.1) is 0 Å². The Labute approximate surface area is 84.4 Å². The molecule has 0 fully saturated rings. The summed E-state index contributed by atoms with van der Waals surface area (Å²) in [6.45, 7) is 4.52. The first kappa shape index (κ1) is 12.7. The Morgan fingerprint density at radius 2 is 1.08 bits per heavy atom. The van der Waals surface area contributed by atoms with Crippen LogP contribution in [0.2, 0.25) is 0 Å². The van der Waals surface area contributed by atoms with E-state index in [9.17, 15) is 0 Å². The van der Waals surface area contributed by atoms with Gasteiger partial charge in [-0.25, -0.2) is 0 Å². The highest BCUT2D eigenvalue weighted by molar-refractivity contribution is 4.81. The first-order valence-electron chi connectivity index (χ1n) is 6.06. The minimum atomic E-state index is 1.29. The van der Waals surface area contributed by atoms with E-state index in [1.165, 1.54) is 57.8 Å². The molecule has 0 bridgehead atoms. The average Bonchev–Trinajstić information content (AvgIpc) is 2.16. The van der Waals surface area contributed by atoms with E-state index < -0.39 is 0 Å². The second kappa shape index (κ2) is 11.7. The van der Waals surface area contributed by atoms with Crippen molar-refractivity contribution in [3.63, 3.8) is 0 Å². The van der Waals surface area contributed by atoms with Crippen molar-refractivity contribution < 1.29 is 0 Å². The summed E-state index contributed by atoms with van der Waals surface area (Å²) in [7, 11) is 0. The highest BCUT2D eigenvalue weighted by Gasteiger charge is 1.84. The maximum atomic E-state index is 2.37. The Balaban J connectivity index is 2.95. The second-order valence-electron chi connectivity index (χ2n) is 3.82. The van der Waals surface area contributed by atoms with E-state index in [0.717, 1.165) is 0 Å². The van der Waals surface area contributed by atoms with Gasteiger partial charge in [0.1, 0.15) is 0 Å². The van der Waals surface area contributed by atoms with Gasteiger partial charge in [0, 0.05) is 0 Å². The fourth-order valence-electron chi connectivity index (χ4n) is 1.44. The van der Waals surface area contributed by atoms with Gasteiger partial charge in [0.2, 0.25) is 0 Å². The van der Waals surface area contributed by atoms with Gasteiger partial charge in [-0.1, -0.05) is 58.1 Å². The molecule has 78 valence electrons. The summed E-state index contributed by atoms with van der Waals surface area (Å²) in [6, 6.07) is 0. The van der Waals surface area contributed by atoms with E-state index in [1.807, 2.05) is 0 Å². The molecule has 0 N–H and O–H groups in total. The molecule has 0 nitrogen and oxygen atoms in total. The lowest BCUT2D eigenvalue weighted by molar-refractivity contribution is 0.672. The molecule has 0 saturated carbocycles. The first-order chi connectivity index (χ1) is 6.41. The zero-order valence-corrected chi connectivity index (χ0v) is 9.52. The molecule has 0 aliphatic rings. The molecule has 0 radical (unpaired) electrons. The largest absolute Gasteiger partial charge is 0.0885 e. The molecule has 13 heavy (non-hydrogen) atoms. The zero-order chi connectivity index (χ0) is 9.78. The summed E-state index contributed by atoms with van der Waals surface area (Å²) in [5, 5.41) is 0. The van der Waals surface area contributed by atoms with Crippen LogP contribution >= 0.6 is 0 Å². The molecule has 0 aromatic heterocycles. The summed E-state index contributed by atoms with van der Waals surface area (Å²) >= 11 is 0. The molecular weight excluding hydrogens is 156 g/mol. The van der Waals surface area contributed by atoms with E-state index in [1.54, 1.807) is 0 Å². The lowest BCUT2D eigenvalue weighted by atomic mass is 10.1. The predicted molar refractivity (Wildman–Crippen MR) is 62.0 cm³/mol.